The standard InChI is InChI=1S/C24H24ClF2N5O4/c1-23(2,3)36-22(35)29-20-30-24(4,11-17(33)31(20)5)13-7-8-14(26)19(18(13)27)32-16-10-12(25)6-9-15(16)28-21(32)34/h6-10H,11H2,1-5H3,(H,28,34)(H,29,30,35)/t24-/m0/s1. The first-order valence-electron chi connectivity index (χ1n) is 11.0. The number of fused-ring (bicyclic) bond motifs is 1. The maximum absolute atomic E-state index is 16.0. The summed E-state index contributed by atoms with van der Waals surface area (Å²) in [6.07, 6.45) is -1.13. The highest BCUT2D eigenvalue weighted by Gasteiger charge is 2.40. The lowest BCUT2D eigenvalue weighted by molar-refractivity contribution is -0.128. The van der Waals surface area contributed by atoms with Gasteiger partial charge in [-0.15, -0.1) is 0 Å². The Hall–Kier alpha value is -3.73. The summed E-state index contributed by atoms with van der Waals surface area (Å²) in [6, 6.07) is 6.61. The molecule has 0 fully saturated rings. The predicted octanol–water partition coefficient (Wildman–Crippen LogP) is 4.21. The highest BCUT2D eigenvalue weighted by atomic mass is 35.5. The molecule has 0 saturated carbocycles. The van der Waals surface area contributed by atoms with Gasteiger partial charge in [0.15, 0.2) is 5.82 Å². The quantitative estimate of drug-likeness (QED) is 0.528. The fourth-order valence-electron chi connectivity index (χ4n) is 4.00. The summed E-state index contributed by atoms with van der Waals surface area (Å²) >= 11 is 6.05. The van der Waals surface area contributed by atoms with Crippen molar-refractivity contribution in [2.24, 2.45) is 4.99 Å². The third kappa shape index (κ3) is 4.58. The highest BCUT2D eigenvalue weighted by molar-refractivity contribution is 6.31. The zero-order chi connectivity index (χ0) is 26.6. The molecule has 12 heteroatoms. The van der Waals surface area contributed by atoms with Gasteiger partial charge in [-0.25, -0.2) is 23.4 Å². The average Bonchev–Trinajstić information content (AvgIpc) is 3.05. The van der Waals surface area contributed by atoms with Crippen molar-refractivity contribution in [1.82, 2.24) is 19.8 Å². The van der Waals surface area contributed by atoms with Crippen LogP contribution in [0.15, 0.2) is 40.1 Å². The van der Waals surface area contributed by atoms with Crippen molar-refractivity contribution in [2.75, 3.05) is 7.05 Å². The number of carbonyl (C=O) groups is 2. The van der Waals surface area contributed by atoms with Crippen molar-refractivity contribution in [3.63, 3.8) is 0 Å². The van der Waals surface area contributed by atoms with E-state index in [0.29, 0.717) is 5.52 Å². The van der Waals surface area contributed by atoms with Crippen LogP contribution in [0.5, 0.6) is 0 Å². The van der Waals surface area contributed by atoms with Crippen LogP contribution in [0.4, 0.5) is 13.6 Å². The number of hydrogen-bond donors (Lipinski definition) is 2. The number of imidazole rings is 1. The number of nitrogens with one attached hydrogen (secondary N) is 2. The molecular weight excluding hydrogens is 496 g/mol. The fraction of sp³-hybridized carbons (Fsp3) is 0.333. The van der Waals surface area contributed by atoms with Crippen molar-refractivity contribution in [3.8, 4) is 5.69 Å². The number of carbonyl (C=O) groups excluding carboxylic acids is 2. The first kappa shape index (κ1) is 25.4. The SMILES string of the molecule is CN1C(=O)C[C@@](C)(c2ccc(F)c(-n3c(=O)[nH]c4ccc(Cl)cc43)c2F)N=C1NC(=O)OC(C)(C)C. The van der Waals surface area contributed by atoms with E-state index in [4.69, 9.17) is 16.3 Å². The molecule has 2 aromatic carbocycles. The Labute approximate surface area is 209 Å². The second-order valence-corrected chi connectivity index (χ2v) is 10.1. The number of aromatic nitrogens is 2. The van der Waals surface area contributed by atoms with Gasteiger partial charge in [0.25, 0.3) is 0 Å². The number of amides is 2. The second kappa shape index (κ2) is 8.74. The van der Waals surface area contributed by atoms with Crippen molar-refractivity contribution >= 4 is 40.6 Å². The number of rotatable bonds is 2. The lowest BCUT2D eigenvalue weighted by atomic mass is 9.86. The van der Waals surface area contributed by atoms with Gasteiger partial charge in [0.1, 0.15) is 17.1 Å². The van der Waals surface area contributed by atoms with Crippen molar-refractivity contribution in [2.45, 2.75) is 45.3 Å². The predicted molar refractivity (Wildman–Crippen MR) is 130 cm³/mol. The summed E-state index contributed by atoms with van der Waals surface area (Å²) in [6.45, 7) is 6.49. The average molecular weight is 520 g/mol. The van der Waals surface area contributed by atoms with E-state index in [1.807, 2.05) is 0 Å². The van der Waals surface area contributed by atoms with Crippen LogP contribution < -0.4 is 11.0 Å². The number of aromatic amines is 1. The van der Waals surface area contributed by atoms with Gasteiger partial charge >= 0.3 is 11.8 Å². The van der Waals surface area contributed by atoms with E-state index in [-0.39, 0.29) is 28.5 Å². The van der Waals surface area contributed by atoms with Crippen LogP contribution in [0, 0.1) is 11.6 Å². The maximum atomic E-state index is 16.0. The highest BCUT2D eigenvalue weighted by Crippen LogP contribution is 2.37. The lowest BCUT2D eigenvalue weighted by Crippen LogP contribution is -2.52. The van der Waals surface area contributed by atoms with Crippen LogP contribution in [-0.4, -0.2) is 45.1 Å². The van der Waals surface area contributed by atoms with Crippen LogP contribution in [0.3, 0.4) is 0 Å². The molecule has 0 radical (unpaired) electrons. The Morgan fingerprint density at radius 1 is 1.22 bits per heavy atom. The summed E-state index contributed by atoms with van der Waals surface area (Å²) < 4.78 is 37.1. The normalized spacial score (nSPS) is 18.4. The number of alkyl carbamates (subject to hydrolysis) is 1. The summed E-state index contributed by atoms with van der Waals surface area (Å²) in [5.41, 5.74) is -3.41. The molecule has 4 rings (SSSR count). The van der Waals surface area contributed by atoms with Crippen LogP contribution in [0.2, 0.25) is 5.02 Å². The van der Waals surface area contributed by atoms with E-state index < -0.39 is 46.2 Å². The van der Waals surface area contributed by atoms with Crippen molar-refractivity contribution in [3.05, 3.63) is 63.0 Å². The molecule has 1 aliphatic heterocycles. The molecule has 0 aliphatic carbocycles. The molecular formula is C24H24ClF2N5O4. The first-order valence-corrected chi connectivity index (χ1v) is 11.3. The Morgan fingerprint density at radius 3 is 2.58 bits per heavy atom. The first-order chi connectivity index (χ1) is 16.7. The summed E-state index contributed by atoms with van der Waals surface area (Å²) in [7, 11) is 1.40. The van der Waals surface area contributed by atoms with Crippen molar-refractivity contribution in [1.29, 1.82) is 0 Å². The van der Waals surface area contributed by atoms with E-state index in [0.717, 1.165) is 21.6 Å². The summed E-state index contributed by atoms with van der Waals surface area (Å²) in [4.78, 5) is 45.9. The minimum Gasteiger partial charge on any atom is -0.444 e. The molecule has 0 saturated heterocycles. The Morgan fingerprint density at radius 2 is 1.92 bits per heavy atom. The van der Waals surface area contributed by atoms with Gasteiger partial charge in [-0.3, -0.25) is 19.6 Å². The topological polar surface area (TPSA) is 109 Å². The summed E-state index contributed by atoms with van der Waals surface area (Å²) in [5, 5.41) is 2.68. The van der Waals surface area contributed by atoms with Gasteiger partial charge in [0.05, 0.1) is 23.0 Å². The molecule has 0 unspecified atom stereocenters. The molecule has 1 aromatic heterocycles. The van der Waals surface area contributed by atoms with E-state index in [1.54, 1.807) is 20.8 Å². The maximum Gasteiger partial charge on any atom is 0.414 e. The third-order valence-corrected chi connectivity index (χ3v) is 5.90. The fourth-order valence-corrected chi connectivity index (χ4v) is 4.17. The number of ether oxygens (including phenoxy) is 1. The molecule has 1 atom stereocenters. The van der Waals surface area contributed by atoms with Gasteiger partial charge in [0.2, 0.25) is 11.9 Å². The number of benzene rings is 2. The van der Waals surface area contributed by atoms with Crippen molar-refractivity contribution < 1.29 is 23.1 Å². The van der Waals surface area contributed by atoms with E-state index >= 15 is 8.78 Å². The number of guanidine groups is 1. The van der Waals surface area contributed by atoms with Gasteiger partial charge < -0.3 is 9.72 Å². The minimum atomic E-state index is -1.53. The number of halogens is 3. The Bertz CT molecular complexity index is 1490. The Kier molecular flexibility index (Phi) is 6.16. The molecule has 2 amide bonds. The van der Waals surface area contributed by atoms with Crippen LogP contribution in [-0.2, 0) is 15.1 Å². The van der Waals surface area contributed by atoms with Gasteiger partial charge in [-0.2, -0.15) is 0 Å². The molecule has 0 spiro atoms. The molecule has 2 heterocycles. The molecule has 36 heavy (non-hydrogen) atoms. The third-order valence-electron chi connectivity index (χ3n) is 5.67. The molecule has 9 nitrogen and oxygen atoms in total. The van der Waals surface area contributed by atoms with Gasteiger partial charge in [-0.1, -0.05) is 17.7 Å². The number of nitrogens with zero attached hydrogens (tertiary/aromatic N) is 3. The Balaban J connectivity index is 1.86. The van der Waals surface area contributed by atoms with Crippen LogP contribution in [0.25, 0.3) is 16.7 Å². The lowest BCUT2D eigenvalue weighted by Gasteiger charge is -2.35. The van der Waals surface area contributed by atoms with Gasteiger partial charge in [-0.05, 0) is 52.0 Å². The van der Waals surface area contributed by atoms with Crippen LogP contribution in [0.1, 0.15) is 39.7 Å². The second-order valence-electron chi connectivity index (χ2n) is 9.65. The molecule has 1 aliphatic rings. The molecule has 2 N–H and O–H groups in total. The van der Waals surface area contributed by atoms with E-state index in [9.17, 15) is 14.4 Å². The number of H-pyrrole nitrogens is 1. The number of hydrogen-bond acceptors (Lipinski definition) is 5. The molecule has 0 bridgehead atoms. The monoisotopic (exact) mass is 519 g/mol. The van der Waals surface area contributed by atoms with E-state index in [2.05, 4.69) is 15.3 Å². The number of aliphatic imine (C=N–C) groups is 1. The van der Waals surface area contributed by atoms with E-state index in [1.165, 1.54) is 32.2 Å². The van der Waals surface area contributed by atoms with Gasteiger partial charge in [0, 0.05) is 17.6 Å². The van der Waals surface area contributed by atoms with Crippen LogP contribution >= 0.6 is 11.6 Å². The summed E-state index contributed by atoms with van der Waals surface area (Å²) in [5.74, 6) is -2.72. The molecule has 190 valence electrons. The smallest absolute Gasteiger partial charge is 0.414 e. The largest absolute Gasteiger partial charge is 0.444 e. The zero-order valence-corrected chi connectivity index (χ0v) is 21.0. The molecule has 3 aromatic rings. The minimum absolute atomic E-state index is 0.146. The zero-order valence-electron chi connectivity index (χ0n) is 20.2.